The molecule has 2 amide bonds. The van der Waals surface area contributed by atoms with E-state index in [0.717, 1.165) is 15.6 Å². The third-order valence-electron chi connectivity index (χ3n) is 5.19. The highest BCUT2D eigenvalue weighted by Crippen LogP contribution is 2.34. The average Bonchev–Trinajstić information content (AvgIpc) is 3.16. The molecule has 0 aliphatic carbocycles. The van der Waals surface area contributed by atoms with Crippen LogP contribution in [0.1, 0.15) is 5.69 Å². The lowest BCUT2D eigenvalue weighted by Crippen LogP contribution is -2.26. The zero-order chi connectivity index (χ0) is 23.1. The molecule has 10 heteroatoms. The standard InChI is InChI=1S/C23H16F2N4O3S/c1-12-18(20(30)28-23-29(12)15-8-4-5-9-17(15)33-23)26-22(31)27-19-14-7-3-2-6-13(14)10-11-16(19)32-21(24)25/h2-11,21H,1H3,(H2,26,27,31). The molecule has 2 heterocycles. The summed E-state index contributed by atoms with van der Waals surface area (Å²) in [7, 11) is 0. The lowest BCUT2D eigenvalue weighted by atomic mass is 10.1. The van der Waals surface area contributed by atoms with Crippen molar-refractivity contribution in [3.8, 4) is 5.75 Å². The van der Waals surface area contributed by atoms with Gasteiger partial charge in [-0.05, 0) is 30.5 Å². The van der Waals surface area contributed by atoms with Crippen molar-refractivity contribution in [3.05, 3.63) is 76.7 Å². The molecular formula is C23H16F2N4O3S. The number of fused-ring (bicyclic) bond motifs is 4. The number of para-hydroxylation sites is 1. The van der Waals surface area contributed by atoms with Gasteiger partial charge in [0.1, 0.15) is 11.4 Å². The molecule has 0 aliphatic heterocycles. The van der Waals surface area contributed by atoms with Gasteiger partial charge in [0.2, 0.25) is 0 Å². The number of carbonyl (C=O) groups is 1. The fourth-order valence-electron chi connectivity index (χ4n) is 3.76. The van der Waals surface area contributed by atoms with E-state index in [1.54, 1.807) is 41.7 Å². The van der Waals surface area contributed by atoms with Crippen molar-refractivity contribution in [1.82, 2.24) is 9.38 Å². The lowest BCUT2D eigenvalue weighted by Gasteiger charge is -2.16. The number of ether oxygens (including phenoxy) is 1. The number of hydrogen-bond donors (Lipinski definition) is 2. The van der Waals surface area contributed by atoms with E-state index in [4.69, 9.17) is 0 Å². The quantitative estimate of drug-likeness (QED) is 0.360. The van der Waals surface area contributed by atoms with Crippen LogP contribution in [0.25, 0.3) is 25.9 Å². The molecule has 0 atom stereocenters. The number of carbonyl (C=O) groups excluding carboxylic acids is 1. The van der Waals surface area contributed by atoms with Gasteiger partial charge in [0.25, 0.3) is 5.56 Å². The van der Waals surface area contributed by atoms with Crippen LogP contribution in [0, 0.1) is 6.92 Å². The first-order valence-electron chi connectivity index (χ1n) is 9.88. The summed E-state index contributed by atoms with van der Waals surface area (Å²) in [6.45, 7) is -1.37. The average molecular weight is 466 g/mol. The van der Waals surface area contributed by atoms with E-state index in [1.807, 2.05) is 24.3 Å². The van der Waals surface area contributed by atoms with E-state index in [0.29, 0.717) is 16.0 Å². The Hall–Kier alpha value is -4.05. The number of benzene rings is 3. The van der Waals surface area contributed by atoms with Gasteiger partial charge in [-0.2, -0.15) is 13.8 Å². The molecule has 0 spiro atoms. The number of thiazole rings is 1. The zero-order valence-corrected chi connectivity index (χ0v) is 18.0. The highest BCUT2D eigenvalue weighted by molar-refractivity contribution is 7.23. The van der Waals surface area contributed by atoms with E-state index < -0.39 is 18.2 Å². The zero-order valence-electron chi connectivity index (χ0n) is 17.1. The van der Waals surface area contributed by atoms with Crippen LogP contribution in [0.3, 0.4) is 0 Å². The fourth-order valence-corrected chi connectivity index (χ4v) is 4.82. The Kier molecular flexibility index (Phi) is 5.14. The van der Waals surface area contributed by atoms with E-state index in [1.165, 1.54) is 17.4 Å². The summed E-state index contributed by atoms with van der Waals surface area (Å²) in [5.41, 5.74) is 0.812. The maximum absolute atomic E-state index is 12.9. The molecule has 5 rings (SSSR count). The molecule has 0 radical (unpaired) electrons. The molecule has 0 bridgehead atoms. The van der Waals surface area contributed by atoms with Gasteiger partial charge < -0.3 is 15.4 Å². The minimum Gasteiger partial charge on any atom is -0.433 e. The molecule has 166 valence electrons. The van der Waals surface area contributed by atoms with Crippen molar-refractivity contribution in [2.45, 2.75) is 13.5 Å². The molecule has 33 heavy (non-hydrogen) atoms. The second-order valence-corrected chi connectivity index (χ2v) is 8.19. The second-order valence-electron chi connectivity index (χ2n) is 7.18. The number of rotatable bonds is 4. The summed E-state index contributed by atoms with van der Waals surface area (Å²) in [5.74, 6) is -0.190. The van der Waals surface area contributed by atoms with Crippen molar-refractivity contribution in [2.24, 2.45) is 0 Å². The monoisotopic (exact) mass is 466 g/mol. The molecular weight excluding hydrogens is 450 g/mol. The minimum absolute atomic E-state index is 0.00915. The topological polar surface area (TPSA) is 84.7 Å². The van der Waals surface area contributed by atoms with E-state index in [-0.39, 0.29) is 17.1 Å². The third kappa shape index (κ3) is 3.74. The lowest BCUT2D eigenvalue weighted by molar-refractivity contribution is -0.0492. The molecule has 5 aromatic rings. The summed E-state index contributed by atoms with van der Waals surface area (Å²) >= 11 is 1.37. The number of nitrogens with zero attached hydrogens (tertiary/aromatic N) is 2. The van der Waals surface area contributed by atoms with Gasteiger partial charge in [0.05, 0.1) is 21.6 Å². The maximum Gasteiger partial charge on any atom is 0.387 e. The van der Waals surface area contributed by atoms with Crippen LogP contribution in [0.2, 0.25) is 0 Å². The summed E-state index contributed by atoms with van der Waals surface area (Å²) in [5, 5.41) is 6.33. The minimum atomic E-state index is -3.07. The van der Waals surface area contributed by atoms with Crippen LogP contribution in [-0.2, 0) is 0 Å². The Balaban J connectivity index is 1.54. The van der Waals surface area contributed by atoms with E-state index in [9.17, 15) is 18.4 Å². The number of urea groups is 1. The predicted octanol–water partition coefficient (Wildman–Crippen LogP) is 5.62. The normalized spacial score (nSPS) is 11.4. The Morgan fingerprint density at radius 2 is 1.76 bits per heavy atom. The number of alkyl halides is 2. The molecule has 0 saturated heterocycles. The van der Waals surface area contributed by atoms with Gasteiger partial charge in [-0.1, -0.05) is 53.8 Å². The summed E-state index contributed by atoms with van der Waals surface area (Å²) < 4.78 is 33.2. The Bertz CT molecular complexity index is 1600. The van der Waals surface area contributed by atoms with Gasteiger partial charge in [-0.25, -0.2) is 4.79 Å². The molecule has 3 aromatic carbocycles. The first-order valence-corrected chi connectivity index (χ1v) is 10.7. The van der Waals surface area contributed by atoms with Crippen LogP contribution < -0.4 is 20.9 Å². The van der Waals surface area contributed by atoms with Gasteiger partial charge in [-0.3, -0.25) is 9.20 Å². The Morgan fingerprint density at radius 1 is 1.03 bits per heavy atom. The number of aryl methyl sites for hydroxylation is 1. The molecule has 0 saturated carbocycles. The van der Waals surface area contributed by atoms with Crippen LogP contribution in [0.15, 0.2) is 65.5 Å². The summed E-state index contributed by atoms with van der Waals surface area (Å²) in [6.07, 6.45) is 0. The van der Waals surface area contributed by atoms with Crippen LogP contribution in [-0.4, -0.2) is 22.0 Å². The molecule has 2 N–H and O–H groups in total. The highest BCUT2D eigenvalue weighted by Gasteiger charge is 2.19. The number of halogens is 2. The number of anilines is 2. The SMILES string of the molecule is Cc1c(NC(=O)Nc2c(OC(F)F)ccc3ccccc23)c(=O)nc2sc3ccccc3n12. The second kappa shape index (κ2) is 8.14. The summed E-state index contributed by atoms with van der Waals surface area (Å²) in [4.78, 5) is 30.1. The van der Waals surface area contributed by atoms with Crippen LogP contribution in [0.5, 0.6) is 5.75 Å². The third-order valence-corrected chi connectivity index (χ3v) is 6.21. The van der Waals surface area contributed by atoms with Gasteiger partial charge in [-0.15, -0.1) is 0 Å². The first kappa shape index (κ1) is 20.8. The van der Waals surface area contributed by atoms with E-state index >= 15 is 0 Å². The fraction of sp³-hybridized carbons (Fsp3) is 0.0870. The maximum atomic E-state index is 12.9. The Labute approximate surface area is 189 Å². The highest BCUT2D eigenvalue weighted by atomic mass is 32.1. The molecule has 0 unspecified atom stereocenters. The number of hydrogen-bond acceptors (Lipinski definition) is 5. The molecule has 0 aliphatic rings. The Morgan fingerprint density at radius 3 is 2.58 bits per heavy atom. The smallest absolute Gasteiger partial charge is 0.387 e. The van der Waals surface area contributed by atoms with Gasteiger partial charge >= 0.3 is 12.6 Å². The number of nitrogens with one attached hydrogen (secondary N) is 2. The number of aromatic nitrogens is 2. The molecule has 0 fully saturated rings. The summed E-state index contributed by atoms with van der Waals surface area (Å²) in [6, 6.07) is 16.7. The molecule has 7 nitrogen and oxygen atoms in total. The largest absolute Gasteiger partial charge is 0.433 e. The van der Waals surface area contributed by atoms with Crippen molar-refractivity contribution < 1.29 is 18.3 Å². The van der Waals surface area contributed by atoms with Crippen molar-refractivity contribution >= 4 is 54.7 Å². The van der Waals surface area contributed by atoms with Crippen molar-refractivity contribution in [3.63, 3.8) is 0 Å². The first-order chi connectivity index (χ1) is 15.9. The number of amides is 2. The van der Waals surface area contributed by atoms with E-state index in [2.05, 4.69) is 20.4 Å². The van der Waals surface area contributed by atoms with Gasteiger partial charge in [0.15, 0.2) is 4.96 Å². The molecule has 2 aromatic heterocycles. The van der Waals surface area contributed by atoms with Crippen molar-refractivity contribution in [2.75, 3.05) is 10.6 Å². The predicted molar refractivity (Wildman–Crippen MR) is 125 cm³/mol. The van der Waals surface area contributed by atoms with Crippen molar-refractivity contribution in [1.29, 1.82) is 0 Å². The van der Waals surface area contributed by atoms with Crippen LogP contribution >= 0.6 is 11.3 Å². The van der Waals surface area contributed by atoms with Gasteiger partial charge in [0, 0.05) is 5.39 Å². The van der Waals surface area contributed by atoms with Crippen LogP contribution in [0.4, 0.5) is 25.0 Å².